The Morgan fingerprint density at radius 3 is 2.77 bits per heavy atom. The number of aromatic nitrogens is 2. The first kappa shape index (κ1) is 20.6. The number of carbonyl (C=O) groups excluding carboxylic acids is 2. The van der Waals surface area contributed by atoms with Gasteiger partial charge in [0.15, 0.2) is 5.16 Å². The van der Waals surface area contributed by atoms with E-state index in [-0.39, 0.29) is 17.6 Å². The lowest BCUT2D eigenvalue weighted by Gasteiger charge is -2.18. The van der Waals surface area contributed by atoms with Gasteiger partial charge in [0.2, 0.25) is 11.8 Å². The second-order valence-electron chi connectivity index (χ2n) is 6.71. The van der Waals surface area contributed by atoms with E-state index in [1.807, 2.05) is 0 Å². The van der Waals surface area contributed by atoms with Crippen LogP contribution in [0.5, 0.6) is 0 Å². The number of alkyl halides is 2. The molecule has 1 fully saturated rings. The molecule has 2 aromatic carbocycles. The maximum Gasteiger partial charge on any atom is 0.291 e. The summed E-state index contributed by atoms with van der Waals surface area (Å²) < 4.78 is 27.3. The minimum absolute atomic E-state index is 0.0183. The van der Waals surface area contributed by atoms with Crippen LogP contribution in [0.3, 0.4) is 0 Å². The van der Waals surface area contributed by atoms with Gasteiger partial charge >= 0.3 is 0 Å². The molecule has 1 aliphatic rings. The van der Waals surface area contributed by atoms with Crippen molar-refractivity contribution in [3.8, 4) is 0 Å². The normalized spacial score (nSPS) is 14.1. The highest BCUT2D eigenvalue weighted by atomic mass is 35.5. The van der Waals surface area contributed by atoms with Gasteiger partial charge in [-0.3, -0.25) is 9.59 Å². The minimum atomic E-state index is -2.65. The highest BCUT2D eigenvalue weighted by Gasteiger charge is 2.24. The van der Waals surface area contributed by atoms with Crippen LogP contribution >= 0.6 is 23.4 Å². The van der Waals surface area contributed by atoms with Crippen molar-refractivity contribution in [3.63, 3.8) is 0 Å². The molecule has 6 nitrogen and oxygen atoms in total. The highest BCUT2D eigenvalue weighted by Crippen LogP contribution is 2.32. The number of anilines is 2. The average molecular weight is 451 g/mol. The molecule has 0 spiro atoms. The molecule has 0 bridgehead atoms. The Hall–Kier alpha value is -2.65. The number of amides is 2. The minimum Gasteiger partial charge on any atom is -0.324 e. The number of hydrogen-bond acceptors (Lipinski definition) is 4. The molecule has 0 unspecified atom stereocenters. The number of benzene rings is 2. The van der Waals surface area contributed by atoms with Crippen LogP contribution < -0.4 is 10.2 Å². The summed E-state index contributed by atoms with van der Waals surface area (Å²) in [5.74, 6) is -3.04. The first-order chi connectivity index (χ1) is 14.4. The van der Waals surface area contributed by atoms with E-state index in [1.54, 1.807) is 47.4 Å². The zero-order chi connectivity index (χ0) is 21.3. The van der Waals surface area contributed by atoms with Crippen molar-refractivity contribution in [1.82, 2.24) is 9.55 Å². The van der Waals surface area contributed by atoms with Gasteiger partial charge in [0.05, 0.1) is 21.7 Å². The van der Waals surface area contributed by atoms with Gasteiger partial charge in [0, 0.05) is 18.7 Å². The average Bonchev–Trinajstić information content (AvgIpc) is 3.25. The van der Waals surface area contributed by atoms with Crippen LogP contribution in [0.25, 0.3) is 11.0 Å². The largest absolute Gasteiger partial charge is 0.324 e. The van der Waals surface area contributed by atoms with E-state index in [0.717, 1.165) is 6.42 Å². The number of fused-ring (bicyclic) bond motifs is 1. The molecule has 1 aromatic heterocycles. The Balaban J connectivity index is 1.53. The Morgan fingerprint density at radius 2 is 2.07 bits per heavy atom. The van der Waals surface area contributed by atoms with Crippen molar-refractivity contribution in [1.29, 1.82) is 0 Å². The molecule has 30 heavy (non-hydrogen) atoms. The van der Waals surface area contributed by atoms with Crippen molar-refractivity contribution in [3.05, 3.63) is 47.5 Å². The lowest BCUT2D eigenvalue weighted by molar-refractivity contribution is -0.117. The summed E-state index contributed by atoms with van der Waals surface area (Å²) in [6, 6.07) is 11.9. The van der Waals surface area contributed by atoms with Gasteiger partial charge in [-0.15, -0.1) is 0 Å². The zero-order valence-corrected chi connectivity index (χ0v) is 17.2. The van der Waals surface area contributed by atoms with E-state index in [4.69, 9.17) is 11.6 Å². The van der Waals surface area contributed by atoms with E-state index >= 15 is 0 Å². The topological polar surface area (TPSA) is 67.2 Å². The molecule has 10 heteroatoms. The molecule has 1 aliphatic heterocycles. The third kappa shape index (κ3) is 4.27. The lowest BCUT2D eigenvalue weighted by Crippen LogP contribution is -2.24. The van der Waals surface area contributed by atoms with Crippen LogP contribution in [0.15, 0.2) is 47.6 Å². The number of carbonyl (C=O) groups is 2. The number of rotatable bonds is 6. The van der Waals surface area contributed by atoms with E-state index in [0.29, 0.717) is 52.2 Å². The summed E-state index contributed by atoms with van der Waals surface area (Å²) in [5, 5.41) is 3.15. The number of nitrogens with one attached hydrogen (secondary N) is 1. The first-order valence-electron chi connectivity index (χ1n) is 9.22. The molecular formula is C20H17ClF2N4O2S. The SMILES string of the molecule is O=C(Cn1c(SC(F)F)nc2ccccc21)Nc1ccc(N2CCCC2=O)c(Cl)c1. The molecule has 0 radical (unpaired) electrons. The van der Waals surface area contributed by atoms with Gasteiger partial charge in [0.25, 0.3) is 5.76 Å². The Morgan fingerprint density at radius 1 is 1.27 bits per heavy atom. The van der Waals surface area contributed by atoms with E-state index in [9.17, 15) is 18.4 Å². The summed E-state index contributed by atoms with van der Waals surface area (Å²) in [4.78, 5) is 30.3. The van der Waals surface area contributed by atoms with Crippen molar-refractivity contribution in [2.24, 2.45) is 0 Å². The smallest absolute Gasteiger partial charge is 0.291 e. The molecule has 0 atom stereocenters. The predicted octanol–water partition coefficient (Wildman–Crippen LogP) is 4.77. The molecule has 1 saturated heterocycles. The number of imidazole rings is 1. The van der Waals surface area contributed by atoms with E-state index in [1.165, 1.54) is 4.57 Å². The van der Waals surface area contributed by atoms with Gasteiger partial charge in [-0.1, -0.05) is 23.7 Å². The number of halogens is 3. The molecule has 2 amide bonds. The highest BCUT2D eigenvalue weighted by molar-refractivity contribution is 7.99. The van der Waals surface area contributed by atoms with Crippen molar-refractivity contribution in [2.75, 3.05) is 16.8 Å². The fraction of sp³-hybridized carbons (Fsp3) is 0.250. The van der Waals surface area contributed by atoms with Gasteiger partial charge in [0.1, 0.15) is 6.54 Å². The summed E-state index contributed by atoms with van der Waals surface area (Å²) >= 11 is 6.61. The molecular weight excluding hydrogens is 434 g/mol. The number of hydrogen-bond donors (Lipinski definition) is 1. The predicted molar refractivity (Wildman–Crippen MR) is 113 cm³/mol. The zero-order valence-electron chi connectivity index (χ0n) is 15.6. The lowest BCUT2D eigenvalue weighted by atomic mass is 10.2. The molecule has 0 aliphatic carbocycles. The monoisotopic (exact) mass is 450 g/mol. The first-order valence-corrected chi connectivity index (χ1v) is 10.5. The second-order valence-corrected chi connectivity index (χ2v) is 8.08. The van der Waals surface area contributed by atoms with Gasteiger partial charge in [-0.05, 0) is 48.5 Å². The van der Waals surface area contributed by atoms with Gasteiger partial charge in [-0.2, -0.15) is 8.78 Å². The Kier molecular flexibility index (Phi) is 5.92. The van der Waals surface area contributed by atoms with Crippen LogP contribution in [0.4, 0.5) is 20.2 Å². The molecule has 156 valence electrons. The summed E-state index contributed by atoms with van der Waals surface area (Å²) in [6.45, 7) is 0.433. The van der Waals surface area contributed by atoms with Crippen LogP contribution in [0.1, 0.15) is 12.8 Å². The van der Waals surface area contributed by atoms with E-state index in [2.05, 4.69) is 10.3 Å². The Labute approximate surface area is 180 Å². The maximum atomic E-state index is 12.9. The van der Waals surface area contributed by atoms with Crippen molar-refractivity contribution in [2.45, 2.75) is 30.3 Å². The molecule has 1 N–H and O–H groups in total. The summed E-state index contributed by atoms with van der Waals surface area (Å²) in [5.41, 5.74) is 2.19. The fourth-order valence-electron chi connectivity index (χ4n) is 3.43. The molecule has 4 rings (SSSR count). The summed E-state index contributed by atoms with van der Waals surface area (Å²) in [7, 11) is 0. The standard InChI is InChI=1S/C20H17ClF2N4O2S/c21-13-10-12(7-8-15(13)26-9-3-6-18(26)29)24-17(28)11-27-16-5-2-1-4-14(16)25-20(27)30-19(22)23/h1-2,4-5,7-8,10,19H,3,6,9,11H2,(H,24,28). The van der Waals surface area contributed by atoms with Gasteiger partial charge in [-0.25, -0.2) is 4.98 Å². The van der Waals surface area contributed by atoms with Crippen LogP contribution in [-0.4, -0.2) is 33.7 Å². The number of para-hydroxylation sites is 2. The second kappa shape index (κ2) is 8.61. The van der Waals surface area contributed by atoms with Crippen molar-refractivity contribution >= 4 is 57.6 Å². The van der Waals surface area contributed by atoms with Gasteiger partial charge < -0.3 is 14.8 Å². The number of thioether (sulfide) groups is 1. The van der Waals surface area contributed by atoms with Crippen LogP contribution in [0, 0.1) is 0 Å². The Bertz CT molecular complexity index is 1120. The quantitative estimate of drug-likeness (QED) is 0.549. The molecule has 2 heterocycles. The number of nitrogens with zero attached hydrogens (tertiary/aromatic N) is 3. The van der Waals surface area contributed by atoms with E-state index < -0.39 is 11.7 Å². The third-order valence-electron chi connectivity index (χ3n) is 4.71. The van der Waals surface area contributed by atoms with Crippen LogP contribution in [0.2, 0.25) is 5.02 Å². The fourth-order valence-corrected chi connectivity index (χ4v) is 4.31. The summed E-state index contributed by atoms with van der Waals surface area (Å²) in [6.07, 6.45) is 1.28. The molecule has 0 saturated carbocycles. The van der Waals surface area contributed by atoms with Crippen LogP contribution in [-0.2, 0) is 16.1 Å². The third-order valence-corrected chi connectivity index (χ3v) is 5.71. The molecule has 3 aromatic rings. The maximum absolute atomic E-state index is 12.9. The van der Waals surface area contributed by atoms with Crippen molar-refractivity contribution < 1.29 is 18.4 Å².